The molecule has 2 aromatic heterocycles. The standard InChI is InChI=1S/C24H25N5O2S/c1-16(2)17-4-6-18(7-5-17)23-27-22(31-28-23)13-12-21(30)26-19-8-10-20(11-9-19)32-24-25-14-15-29(24)3/h4-11,14-16H,12-13H2,1-3H3,(H,26,30). The van der Waals surface area contributed by atoms with Crippen LogP contribution in [0.25, 0.3) is 11.4 Å². The van der Waals surface area contributed by atoms with E-state index in [4.69, 9.17) is 4.52 Å². The first-order valence-electron chi connectivity index (χ1n) is 10.5. The molecule has 7 nitrogen and oxygen atoms in total. The molecule has 4 rings (SSSR count). The second-order valence-electron chi connectivity index (χ2n) is 7.78. The van der Waals surface area contributed by atoms with Gasteiger partial charge in [-0.05, 0) is 35.7 Å². The Hall–Kier alpha value is -3.39. The molecule has 8 heteroatoms. The molecule has 2 aromatic carbocycles. The van der Waals surface area contributed by atoms with Crippen LogP contribution in [0.5, 0.6) is 0 Å². The molecule has 164 valence electrons. The molecule has 0 spiro atoms. The zero-order valence-electron chi connectivity index (χ0n) is 18.3. The van der Waals surface area contributed by atoms with E-state index in [1.54, 1.807) is 18.0 Å². The molecule has 0 aliphatic rings. The Kier molecular flexibility index (Phi) is 6.70. The molecular formula is C24H25N5O2S. The van der Waals surface area contributed by atoms with Gasteiger partial charge >= 0.3 is 0 Å². The van der Waals surface area contributed by atoms with E-state index in [9.17, 15) is 4.79 Å². The lowest BCUT2D eigenvalue weighted by atomic mass is 10.0. The number of imidazole rings is 1. The maximum Gasteiger partial charge on any atom is 0.227 e. The summed E-state index contributed by atoms with van der Waals surface area (Å²) in [6.45, 7) is 4.31. The number of rotatable bonds is 8. The maximum absolute atomic E-state index is 12.3. The number of carbonyl (C=O) groups is 1. The van der Waals surface area contributed by atoms with E-state index in [-0.39, 0.29) is 12.3 Å². The predicted octanol–water partition coefficient (Wildman–Crippen LogP) is 5.32. The summed E-state index contributed by atoms with van der Waals surface area (Å²) < 4.78 is 7.28. The lowest BCUT2D eigenvalue weighted by molar-refractivity contribution is -0.116. The van der Waals surface area contributed by atoms with Gasteiger partial charge in [0.15, 0.2) is 5.16 Å². The molecule has 32 heavy (non-hydrogen) atoms. The van der Waals surface area contributed by atoms with E-state index in [0.717, 1.165) is 21.3 Å². The predicted molar refractivity (Wildman–Crippen MR) is 125 cm³/mol. The van der Waals surface area contributed by atoms with Gasteiger partial charge in [-0.3, -0.25) is 4.79 Å². The quantitative estimate of drug-likeness (QED) is 0.394. The third-order valence-corrected chi connectivity index (χ3v) is 6.08. The van der Waals surface area contributed by atoms with Crippen LogP contribution >= 0.6 is 11.8 Å². The lowest BCUT2D eigenvalue weighted by Crippen LogP contribution is -2.12. The second-order valence-corrected chi connectivity index (χ2v) is 8.82. The molecule has 1 N–H and O–H groups in total. The van der Waals surface area contributed by atoms with Gasteiger partial charge in [-0.1, -0.05) is 55.0 Å². The number of nitrogens with one attached hydrogen (secondary N) is 1. The van der Waals surface area contributed by atoms with Crippen molar-refractivity contribution in [3.05, 3.63) is 72.4 Å². The number of carbonyl (C=O) groups excluding carboxylic acids is 1. The van der Waals surface area contributed by atoms with Crippen LogP contribution in [0.1, 0.15) is 37.6 Å². The van der Waals surface area contributed by atoms with Crippen molar-refractivity contribution < 1.29 is 9.32 Å². The molecule has 2 heterocycles. The molecule has 0 fully saturated rings. The zero-order chi connectivity index (χ0) is 22.5. The fourth-order valence-corrected chi connectivity index (χ4v) is 3.90. The molecule has 0 aliphatic heterocycles. The molecule has 0 atom stereocenters. The first kappa shape index (κ1) is 21.8. The SMILES string of the molecule is CC(C)c1ccc(-c2noc(CCC(=O)Nc3ccc(Sc4nccn4C)cc3)n2)cc1. The normalized spacial score (nSPS) is 11.1. The number of benzene rings is 2. The van der Waals surface area contributed by atoms with Crippen LogP contribution in [-0.2, 0) is 18.3 Å². The van der Waals surface area contributed by atoms with E-state index in [1.165, 1.54) is 5.56 Å². The van der Waals surface area contributed by atoms with Crippen molar-refractivity contribution in [1.29, 1.82) is 0 Å². The summed E-state index contributed by atoms with van der Waals surface area (Å²) in [5.41, 5.74) is 2.91. The summed E-state index contributed by atoms with van der Waals surface area (Å²) >= 11 is 1.57. The average Bonchev–Trinajstić information content (AvgIpc) is 3.43. The van der Waals surface area contributed by atoms with Gasteiger partial charge in [0.1, 0.15) is 0 Å². The number of aryl methyl sites for hydroxylation is 2. The average molecular weight is 448 g/mol. The van der Waals surface area contributed by atoms with E-state index in [1.807, 2.05) is 54.2 Å². The largest absolute Gasteiger partial charge is 0.339 e. The Morgan fingerprint density at radius 1 is 1.12 bits per heavy atom. The van der Waals surface area contributed by atoms with Gasteiger partial charge in [-0.15, -0.1) is 0 Å². The molecule has 0 bridgehead atoms. The van der Waals surface area contributed by atoms with Crippen molar-refractivity contribution in [3.8, 4) is 11.4 Å². The molecule has 0 saturated carbocycles. The molecular weight excluding hydrogens is 422 g/mol. The van der Waals surface area contributed by atoms with E-state index in [2.05, 4.69) is 46.4 Å². The Balaban J connectivity index is 1.28. The van der Waals surface area contributed by atoms with Crippen molar-refractivity contribution in [2.24, 2.45) is 7.05 Å². The molecule has 0 radical (unpaired) electrons. The second kappa shape index (κ2) is 9.82. The van der Waals surface area contributed by atoms with E-state index >= 15 is 0 Å². The number of amides is 1. The maximum atomic E-state index is 12.3. The smallest absolute Gasteiger partial charge is 0.227 e. The molecule has 0 saturated heterocycles. The molecule has 4 aromatic rings. The van der Waals surface area contributed by atoms with Crippen LogP contribution in [0.2, 0.25) is 0 Å². The number of nitrogens with zero attached hydrogens (tertiary/aromatic N) is 4. The summed E-state index contributed by atoms with van der Waals surface area (Å²) in [6, 6.07) is 15.8. The van der Waals surface area contributed by atoms with Crippen molar-refractivity contribution in [2.75, 3.05) is 5.32 Å². The van der Waals surface area contributed by atoms with Crippen molar-refractivity contribution in [3.63, 3.8) is 0 Å². The molecule has 0 unspecified atom stereocenters. The van der Waals surface area contributed by atoms with Crippen LogP contribution in [0, 0.1) is 0 Å². The Labute approximate surface area is 191 Å². The van der Waals surface area contributed by atoms with E-state index < -0.39 is 0 Å². The summed E-state index contributed by atoms with van der Waals surface area (Å²) in [6.07, 6.45) is 4.32. The zero-order valence-corrected chi connectivity index (χ0v) is 19.1. The topological polar surface area (TPSA) is 85.8 Å². The highest BCUT2D eigenvalue weighted by molar-refractivity contribution is 7.99. The monoisotopic (exact) mass is 447 g/mol. The highest BCUT2D eigenvalue weighted by Gasteiger charge is 2.12. The first-order chi connectivity index (χ1) is 15.5. The Bertz CT molecular complexity index is 1180. The Morgan fingerprint density at radius 2 is 1.88 bits per heavy atom. The van der Waals surface area contributed by atoms with Crippen molar-refractivity contribution >= 4 is 23.4 Å². The molecule has 0 aliphatic carbocycles. The lowest BCUT2D eigenvalue weighted by Gasteiger charge is -2.06. The minimum atomic E-state index is -0.101. The van der Waals surface area contributed by atoms with Crippen LogP contribution in [0.4, 0.5) is 5.69 Å². The van der Waals surface area contributed by atoms with E-state index in [0.29, 0.717) is 24.1 Å². The third kappa shape index (κ3) is 5.45. The van der Waals surface area contributed by atoms with Crippen LogP contribution in [-0.4, -0.2) is 25.6 Å². The summed E-state index contributed by atoms with van der Waals surface area (Å²) in [5.74, 6) is 1.36. The highest BCUT2D eigenvalue weighted by atomic mass is 32.2. The van der Waals surface area contributed by atoms with Crippen molar-refractivity contribution in [2.45, 2.75) is 42.7 Å². The fourth-order valence-electron chi connectivity index (χ4n) is 3.10. The minimum absolute atomic E-state index is 0.101. The summed E-state index contributed by atoms with van der Waals surface area (Å²) in [5, 5.41) is 7.86. The van der Waals surface area contributed by atoms with Gasteiger partial charge in [0.2, 0.25) is 17.6 Å². The third-order valence-electron chi connectivity index (χ3n) is 4.99. The number of aromatic nitrogens is 4. The Morgan fingerprint density at radius 3 is 2.53 bits per heavy atom. The van der Waals surface area contributed by atoms with Crippen LogP contribution < -0.4 is 5.32 Å². The number of hydrogen-bond donors (Lipinski definition) is 1. The molecule has 1 amide bonds. The van der Waals surface area contributed by atoms with Gasteiger partial charge in [-0.2, -0.15) is 4.98 Å². The summed E-state index contributed by atoms with van der Waals surface area (Å²) in [4.78, 5) is 22.1. The van der Waals surface area contributed by atoms with Gasteiger partial charge in [-0.25, -0.2) is 4.98 Å². The first-order valence-corrected chi connectivity index (χ1v) is 11.3. The highest BCUT2D eigenvalue weighted by Crippen LogP contribution is 2.27. The van der Waals surface area contributed by atoms with Crippen LogP contribution in [0.15, 0.2) is 75.5 Å². The van der Waals surface area contributed by atoms with Gasteiger partial charge in [0, 0.05) is 48.4 Å². The number of hydrogen-bond acceptors (Lipinski definition) is 6. The van der Waals surface area contributed by atoms with Gasteiger partial charge in [0.25, 0.3) is 0 Å². The van der Waals surface area contributed by atoms with Crippen LogP contribution in [0.3, 0.4) is 0 Å². The van der Waals surface area contributed by atoms with Gasteiger partial charge < -0.3 is 14.4 Å². The van der Waals surface area contributed by atoms with Crippen molar-refractivity contribution in [1.82, 2.24) is 19.7 Å². The minimum Gasteiger partial charge on any atom is -0.339 e. The number of anilines is 1. The summed E-state index contributed by atoms with van der Waals surface area (Å²) in [7, 11) is 1.96. The fraction of sp³-hybridized carbons (Fsp3) is 0.250. The van der Waals surface area contributed by atoms with Gasteiger partial charge in [0.05, 0.1) is 0 Å².